The predicted molar refractivity (Wildman–Crippen MR) is 42.5 cm³/mol. The van der Waals surface area contributed by atoms with Crippen molar-refractivity contribution in [2.24, 2.45) is 7.05 Å². The topological polar surface area (TPSA) is 58.3 Å². The second-order valence-electron chi connectivity index (χ2n) is 2.59. The van der Waals surface area contributed by atoms with Crippen LogP contribution in [0.3, 0.4) is 0 Å². The second-order valence-corrected chi connectivity index (χ2v) is 2.59. The summed E-state index contributed by atoms with van der Waals surface area (Å²) in [6.45, 7) is 3.65. The lowest BCUT2D eigenvalue weighted by molar-refractivity contribution is 0.421. The van der Waals surface area contributed by atoms with Gasteiger partial charge in [0, 0.05) is 7.05 Å². The SMILES string of the molecule is Cc1nn(C)c(B(O)O)c1C. The third kappa shape index (κ3) is 1.29. The molecule has 1 rings (SSSR count). The molecule has 0 aliphatic heterocycles. The van der Waals surface area contributed by atoms with E-state index in [0.717, 1.165) is 11.3 Å². The first-order valence-corrected chi connectivity index (χ1v) is 3.40. The summed E-state index contributed by atoms with van der Waals surface area (Å²) in [4.78, 5) is 0. The van der Waals surface area contributed by atoms with E-state index in [0.29, 0.717) is 5.59 Å². The Labute approximate surface area is 65.6 Å². The maximum Gasteiger partial charge on any atom is 0.508 e. The Balaban J connectivity index is 3.22. The molecule has 0 fully saturated rings. The van der Waals surface area contributed by atoms with Gasteiger partial charge in [-0.25, -0.2) is 0 Å². The fourth-order valence-electron chi connectivity index (χ4n) is 1.14. The molecule has 5 heteroatoms. The van der Waals surface area contributed by atoms with Gasteiger partial charge < -0.3 is 10.0 Å². The molecule has 0 amide bonds. The summed E-state index contributed by atoms with van der Waals surface area (Å²) < 4.78 is 1.48. The number of hydrogen-bond acceptors (Lipinski definition) is 3. The molecule has 0 spiro atoms. The van der Waals surface area contributed by atoms with Gasteiger partial charge in [-0.1, -0.05) is 0 Å². The van der Waals surface area contributed by atoms with Crippen molar-refractivity contribution < 1.29 is 10.0 Å². The Morgan fingerprint density at radius 2 is 1.91 bits per heavy atom. The van der Waals surface area contributed by atoms with E-state index in [-0.39, 0.29) is 0 Å². The van der Waals surface area contributed by atoms with Crippen molar-refractivity contribution >= 4 is 12.7 Å². The first kappa shape index (κ1) is 8.29. The summed E-state index contributed by atoms with van der Waals surface area (Å²) in [7, 11) is 0.260. The molecule has 0 radical (unpaired) electrons. The van der Waals surface area contributed by atoms with Gasteiger partial charge in [0.1, 0.15) is 0 Å². The third-order valence-electron chi connectivity index (χ3n) is 1.82. The number of rotatable bonds is 1. The Kier molecular flexibility index (Phi) is 2.02. The van der Waals surface area contributed by atoms with Crippen molar-refractivity contribution in [3.05, 3.63) is 11.3 Å². The van der Waals surface area contributed by atoms with Gasteiger partial charge in [0.15, 0.2) is 0 Å². The van der Waals surface area contributed by atoms with E-state index in [2.05, 4.69) is 5.10 Å². The van der Waals surface area contributed by atoms with Gasteiger partial charge in [-0.05, 0) is 19.4 Å². The average molecular weight is 154 g/mol. The second kappa shape index (κ2) is 2.67. The third-order valence-corrected chi connectivity index (χ3v) is 1.82. The standard InChI is InChI=1S/C6H11BN2O2/c1-4-5(2)8-9(3)6(4)7(10)11/h10-11H,1-3H3. The molecule has 11 heavy (non-hydrogen) atoms. The summed E-state index contributed by atoms with van der Waals surface area (Å²) in [5, 5.41) is 21.8. The zero-order valence-electron chi connectivity index (χ0n) is 6.87. The molecule has 0 saturated carbocycles. The highest BCUT2D eigenvalue weighted by atomic mass is 16.4. The van der Waals surface area contributed by atoms with Crippen LogP contribution in [-0.2, 0) is 7.05 Å². The Bertz CT molecular complexity index is 270. The van der Waals surface area contributed by atoms with Crippen LogP contribution in [0.4, 0.5) is 0 Å². The molecule has 0 atom stereocenters. The molecule has 0 unspecified atom stereocenters. The average Bonchev–Trinajstić information content (AvgIpc) is 2.07. The van der Waals surface area contributed by atoms with E-state index >= 15 is 0 Å². The smallest absolute Gasteiger partial charge is 0.422 e. The largest absolute Gasteiger partial charge is 0.508 e. The highest BCUT2D eigenvalue weighted by Crippen LogP contribution is 1.99. The monoisotopic (exact) mass is 154 g/mol. The lowest BCUT2D eigenvalue weighted by Gasteiger charge is -1.99. The van der Waals surface area contributed by atoms with Crippen LogP contribution >= 0.6 is 0 Å². The molecular formula is C6H11BN2O2. The van der Waals surface area contributed by atoms with Crippen LogP contribution in [0.25, 0.3) is 0 Å². The summed E-state index contributed by atoms with van der Waals surface area (Å²) in [5.41, 5.74) is 2.13. The van der Waals surface area contributed by atoms with Crippen molar-refractivity contribution in [2.45, 2.75) is 13.8 Å². The zero-order chi connectivity index (χ0) is 8.59. The normalized spacial score (nSPS) is 10.3. The van der Waals surface area contributed by atoms with Crippen LogP contribution in [0, 0.1) is 13.8 Å². The van der Waals surface area contributed by atoms with Crippen molar-refractivity contribution in [3.8, 4) is 0 Å². The lowest BCUT2D eigenvalue weighted by atomic mass is 9.83. The molecule has 2 N–H and O–H groups in total. The highest BCUT2D eigenvalue weighted by Gasteiger charge is 2.20. The van der Waals surface area contributed by atoms with E-state index < -0.39 is 7.12 Å². The van der Waals surface area contributed by atoms with Gasteiger partial charge in [0.25, 0.3) is 0 Å². The Morgan fingerprint density at radius 1 is 1.36 bits per heavy atom. The fourth-order valence-corrected chi connectivity index (χ4v) is 1.14. The van der Waals surface area contributed by atoms with Gasteiger partial charge in [0.05, 0.1) is 11.3 Å². The number of nitrogens with zero attached hydrogens (tertiary/aromatic N) is 2. The first-order chi connectivity index (χ1) is 5.04. The van der Waals surface area contributed by atoms with Crippen LogP contribution in [0.2, 0.25) is 0 Å². The van der Waals surface area contributed by atoms with Crippen molar-refractivity contribution in [2.75, 3.05) is 0 Å². The number of hydrogen-bond donors (Lipinski definition) is 2. The van der Waals surface area contributed by atoms with Crippen LogP contribution in [-0.4, -0.2) is 26.9 Å². The van der Waals surface area contributed by atoms with E-state index in [4.69, 9.17) is 10.0 Å². The molecule has 1 aromatic heterocycles. The Hall–Kier alpha value is -0.805. The number of aromatic nitrogens is 2. The molecule has 0 bridgehead atoms. The van der Waals surface area contributed by atoms with Crippen molar-refractivity contribution in [1.29, 1.82) is 0 Å². The fraction of sp³-hybridized carbons (Fsp3) is 0.500. The van der Waals surface area contributed by atoms with E-state index in [1.54, 1.807) is 7.05 Å². The molecule has 0 aliphatic rings. The predicted octanol–water partition coefficient (Wildman–Crippen LogP) is -1.28. The molecule has 1 heterocycles. The summed E-state index contributed by atoms with van der Waals surface area (Å²) in [6.07, 6.45) is 0. The van der Waals surface area contributed by atoms with E-state index in [1.807, 2.05) is 13.8 Å². The molecule has 60 valence electrons. The van der Waals surface area contributed by atoms with E-state index in [1.165, 1.54) is 4.68 Å². The van der Waals surface area contributed by atoms with Gasteiger partial charge in [-0.3, -0.25) is 4.68 Å². The van der Waals surface area contributed by atoms with Gasteiger partial charge in [-0.15, -0.1) is 0 Å². The van der Waals surface area contributed by atoms with Gasteiger partial charge in [0.2, 0.25) is 0 Å². The zero-order valence-corrected chi connectivity index (χ0v) is 6.87. The molecule has 1 aromatic rings. The maximum absolute atomic E-state index is 8.89. The quantitative estimate of drug-likeness (QED) is 0.495. The summed E-state index contributed by atoms with van der Waals surface area (Å²) >= 11 is 0. The maximum atomic E-state index is 8.89. The minimum absolute atomic E-state index is 0.461. The lowest BCUT2D eigenvalue weighted by Crippen LogP contribution is -2.37. The molecule has 4 nitrogen and oxygen atoms in total. The van der Waals surface area contributed by atoms with E-state index in [9.17, 15) is 0 Å². The first-order valence-electron chi connectivity index (χ1n) is 3.40. The summed E-state index contributed by atoms with van der Waals surface area (Å²) in [5.74, 6) is 0. The minimum Gasteiger partial charge on any atom is -0.422 e. The van der Waals surface area contributed by atoms with Crippen LogP contribution in [0.5, 0.6) is 0 Å². The highest BCUT2D eigenvalue weighted by molar-refractivity contribution is 6.58. The van der Waals surface area contributed by atoms with Crippen molar-refractivity contribution in [3.63, 3.8) is 0 Å². The minimum atomic E-state index is -1.43. The molecule has 0 aromatic carbocycles. The van der Waals surface area contributed by atoms with Crippen LogP contribution < -0.4 is 5.59 Å². The van der Waals surface area contributed by atoms with Crippen LogP contribution in [0.1, 0.15) is 11.3 Å². The Morgan fingerprint density at radius 3 is 2.09 bits per heavy atom. The van der Waals surface area contributed by atoms with Gasteiger partial charge >= 0.3 is 7.12 Å². The molecular weight excluding hydrogens is 143 g/mol. The van der Waals surface area contributed by atoms with Gasteiger partial charge in [-0.2, -0.15) is 5.10 Å². The molecule has 0 aliphatic carbocycles. The van der Waals surface area contributed by atoms with Crippen LogP contribution in [0.15, 0.2) is 0 Å². The number of aryl methyl sites for hydroxylation is 2. The van der Waals surface area contributed by atoms with Crippen molar-refractivity contribution in [1.82, 2.24) is 9.78 Å². The summed E-state index contributed by atoms with van der Waals surface area (Å²) in [6, 6.07) is 0. The molecule has 0 saturated heterocycles.